The Morgan fingerprint density at radius 1 is 0.643 bits per heavy atom. The Hall–Kier alpha value is -0.846. The fraction of sp³-hybridized carbons (Fsp3) is 0.0769. The van der Waals surface area contributed by atoms with Crippen LogP contribution in [0.4, 0.5) is 0 Å². The third-order valence-corrected chi connectivity index (χ3v) is 2.71. The molecule has 1 aliphatic rings. The quantitative estimate of drug-likeness (QED) is 0.504. The molecule has 2 aromatic rings. The van der Waals surface area contributed by atoms with Crippen molar-refractivity contribution in [2.24, 2.45) is 0 Å². The molecule has 0 nitrogen and oxygen atoms in total. The Kier molecular flexibility index (Phi) is 2.58. The van der Waals surface area contributed by atoms with Crippen molar-refractivity contribution < 1.29 is 21.7 Å². The minimum Gasteiger partial charge on any atom is -0.0619 e. The van der Waals surface area contributed by atoms with Crippen LogP contribution in [0.1, 0.15) is 11.1 Å². The molecule has 14 heavy (non-hydrogen) atoms. The van der Waals surface area contributed by atoms with E-state index in [2.05, 4.69) is 48.5 Å². The maximum Gasteiger partial charge on any atom is 0 e. The molecule has 1 heteroatoms. The Balaban J connectivity index is 0.000000750. The van der Waals surface area contributed by atoms with Gasteiger partial charge in [0.15, 0.2) is 0 Å². The first kappa shape index (κ1) is 9.70. The van der Waals surface area contributed by atoms with Crippen molar-refractivity contribution in [1.29, 1.82) is 0 Å². The summed E-state index contributed by atoms with van der Waals surface area (Å²) in [6, 6.07) is 17.3. The summed E-state index contributed by atoms with van der Waals surface area (Å²) < 4.78 is 0. The molecule has 0 spiro atoms. The van der Waals surface area contributed by atoms with Gasteiger partial charge < -0.3 is 0 Å². The molecule has 0 bridgehead atoms. The zero-order chi connectivity index (χ0) is 8.67. The maximum absolute atomic E-state index is 2.22. The first-order valence-electron chi connectivity index (χ1n) is 4.61. The van der Waals surface area contributed by atoms with E-state index in [9.17, 15) is 0 Å². The van der Waals surface area contributed by atoms with Gasteiger partial charge in [-0.05, 0) is 28.7 Å². The van der Waals surface area contributed by atoms with Crippen LogP contribution in [0, 0.1) is 0 Å². The molecule has 0 radical (unpaired) electrons. The van der Waals surface area contributed by atoms with Crippen molar-refractivity contribution >= 4 is 0 Å². The van der Waals surface area contributed by atoms with E-state index in [1.807, 2.05) is 0 Å². The monoisotopic (exact) mass is 214 g/mol. The number of rotatable bonds is 0. The van der Waals surface area contributed by atoms with Crippen LogP contribution in [-0.4, -0.2) is 0 Å². The summed E-state index contributed by atoms with van der Waals surface area (Å²) >= 11 is 0. The van der Waals surface area contributed by atoms with Crippen LogP contribution in [0.15, 0.2) is 48.5 Å². The van der Waals surface area contributed by atoms with E-state index in [0.29, 0.717) is 0 Å². The fourth-order valence-corrected chi connectivity index (χ4v) is 2.08. The van der Waals surface area contributed by atoms with E-state index < -0.39 is 0 Å². The Morgan fingerprint density at radius 3 is 1.57 bits per heavy atom. The molecular weight excluding hydrogens is 204 g/mol. The van der Waals surface area contributed by atoms with Crippen LogP contribution in [-0.2, 0) is 28.1 Å². The van der Waals surface area contributed by atoms with Crippen LogP contribution >= 0.6 is 0 Å². The molecule has 0 amide bonds. The summed E-state index contributed by atoms with van der Waals surface area (Å²) in [7, 11) is 0. The zero-order valence-corrected chi connectivity index (χ0v) is 9.39. The van der Waals surface area contributed by atoms with Gasteiger partial charge in [-0.1, -0.05) is 48.5 Å². The number of benzene rings is 2. The van der Waals surface area contributed by atoms with Crippen LogP contribution < -0.4 is 0 Å². The van der Waals surface area contributed by atoms with Gasteiger partial charge in [0.1, 0.15) is 0 Å². The number of hydrogen-bond acceptors (Lipinski definition) is 0. The predicted molar refractivity (Wildman–Crippen MR) is 54.7 cm³/mol. The third kappa shape index (κ3) is 1.35. The Labute approximate surface area is 98.9 Å². The molecule has 0 fully saturated rings. The largest absolute Gasteiger partial charge is 0.0619 e. The van der Waals surface area contributed by atoms with Gasteiger partial charge in [-0.15, -0.1) is 0 Å². The van der Waals surface area contributed by atoms with Crippen LogP contribution in [0.2, 0.25) is 0 Å². The topological polar surface area (TPSA) is 0 Å². The standard InChI is InChI=1S/C13H10.Ti/c1-3-7-12-10(5-1)9-11-6-2-4-8-13(11)12;/h1-8H,9H2;. The summed E-state index contributed by atoms with van der Waals surface area (Å²) in [5.41, 5.74) is 5.75. The third-order valence-electron chi connectivity index (χ3n) is 2.71. The molecule has 0 saturated heterocycles. The summed E-state index contributed by atoms with van der Waals surface area (Å²) in [6.45, 7) is 0. The molecule has 2 aromatic carbocycles. The molecule has 0 aromatic heterocycles. The summed E-state index contributed by atoms with van der Waals surface area (Å²) in [5, 5.41) is 0. The maximum atomic E-state index is 2.22. The first-order chi connectivity index (χ1) is 6.45. The average Bonchev–Trinajstić information content (AvgIpc) is 2.56. The van der Waals surface area contributed by atoms with Gasteiger partial charge in [-0.25, -0.2) is 0 Å². The first-order valence-corrected chi connectivity index (χ1v) is 4.61. The van der Waals surface area contributed by atoms with E-state index in [0.717, 1.165) is 6.42 Å². The minimum atomic E-state index is 0. The minimum absolute atomic E-state index is 0. The van der Waals surface area contributed by atoms with Crippen LogP contribution in [0.25, 0.3) is 11.1 Å². The molecule has 66 valence electrons. The molecule has 1 aliphatic carbocycles. The second-order valence-electron chi connectivity index (χ2n) is 3.49. The van der Waals surface area contributed by atoms with Gasteiger partial charge in [0.25, 0.3) is 0 Å². The second kappa shape index (κ2) is 3.72. The molecule has 0 unspecified atom stereocenters. The molecule has 0 heterocycles. The number of fused-ring (bicyclic) bond motifs is 3. The molecule has 0 aliphatic heterocycles. The van der Waals surface area contributed by atoms with Crippen molar-refractivity contribution in [2.75, 3.05) is 0 Å². The predicted octanol–water partition coefficient (Wildman–Crippen LogP) is 3.26. The molecule has 3 rings (SSSR count). The van der Waals surface area contributed by atoms with E-state index >= 15 is 0 Å². The normalized spacial score (nSPS) is 11.4. The van der Waals surface area contributed by atoms with Gasteiger partial charge in [-0.2, -0.15) is 0 Å². The molecule has 0 saturated carbocycles. The van der Waals surface area contributed by atoms with Crippen molar-refractivity contribution in [3.63, 3.8) is 0 Å². The Morgan fingerprint density at radius 2 is 1.07 bits per heavy atom. The van der Waals surface area contributed by atoms with E-state index in [4.69, 9.17) is 0 Å². The van der Waals surface area contributed by atoms with Gasteiger partial charge in [0.05, 0.1) is 0 Å². The van der Waals surface area contributed by atoms with Gasteiger partial charge in [-0.3, -0.25) is 0 Å². The average molecular weight is 214 g/mol. The SMILES string of the molecule is [Ti].c1ccc2c(c1)Cc1ccccc1-2. The van der Waals surface area contributed by atoms with Crippen molar-refractivity contribution in [3.8, 4) is 11.1 Å². The van der Waals surface area contributed by atoms with E-state index in [1.54, 1.807) is 0 Å². The van der Waals surface area contributed by atoms with Crippen molar-refractivity contribution in [3.05, 3.63) is 59.7 Å². The van der Waals surface area contributed by atoms with E-state index in [1.165, 1.54) is 22.3 Å². The Bertz CT molecular complexity index is 417. The number of hydrogen-bond donors (Lipinski definition) is 0. The van der Waals surface area contributed by atoms with Crippen molar-refractivity contribution in [1.82, 2.24) is 0 Å². The van der Waals surface area contributed by atoms with Crippen LogP contribution in [0.3, 0.4) is 0 Å². The molecule has 0 N–H and O–H groups in total. The zero-order valence-electron chi connectivity index (χ0n) is 7.83. The summed E-state index contributed by atoms with van der Waals surface area (Å²) in [5.74, 6) is 0. The van der Waals surface area contributed by atoms with Crippen LogP contribution in [0.5, 0.6) is 0 Å². The van der Waals surface area contributed by atoms with Crippen molar-refractivity contribution in [2.45, 2.75) is 6.42 Å². The summed E-state index contributed by atoms with van der Waals surface area (Å²) in [4.78, 5) is 0. The fourth-order valence-electron chi connectivity index (χ4n) is 2.08. The van der Waals surface area contributed by atoms with Gasteiger partial charge >= 0.3 is 0 Å². The van der Waals surface area contributed by atoms with Gasteiger partial charge in [0.2, 0.25) is 0 Å². The van der Waals surface area contributed by atoms with E-state index in [-0.39, 0.29) is 21.7 Å². The second-order valence-corrected chi connectivity index (χ2v) is 3.49. The van der Waals surface area contributed by atoms with Gasteiger partial charge in [0, 0.05) is 21.7 Å². The summed E-state index contributed by atoms with van der Waals surface area (Å²) in [6.07, 6.45) is 1.10. The molecular formula is C13H10Ti. The smallest absolute Gasteiger partial charge is 0 e. The molecule has 0 atom stereocenters.